The van der Waals surface area contributed by atoms with Crippen molar-refractivity contribution in [3.63, 3.8) is 0 Å². The molecule has 0 bridgehead atoms. The maximum Gasteiger partial charge on any atom is 0.0255 e. The van der Waals surface area contributed by atoms with E-state index in [1.165, 1.54) is 44.9 Å². The second kappa shape index (κ2) is 3.29. The highest BCUT2D eigenvalue weighted by Crippen LogP contribution is 2.25. The van der Waals surface area contributed by atoms with Gasteiger partial charge in [-0.1, -0.05) is 18.4 Å². The van der Waals surface area contributed by atoms with Crippen LogP contribution in [0.3, 0.4) is 0 Å². The minimum absolute atomic E-state index is 0.808. The summed E-state index contributed by atoms with van der Waals surface area (Å²) >= 11 is 0. The predicted octanol–water partition coefficient (Wildman–Crippen LogP) is 2.59. The highest BCUT2D eigenvalue weighted by Gasteiger charge is 2.14. The van der Waals surface area contributed by atoms with Crippen LogP contribution in [0.25, 0.3) is 0 Å². The fourth-order valence-electron chi connectivity index (χ4n) is 1.85. The van der Waals surface area contributed by atoms with Gasteiger partial charge < -0.3 is 5.32 Å². The van der Waals surface area contributed by atoms with Gasteiger partial charge in [0.05, 0.1) is 0 Å². The minimum Gasteiger partial charge on any atom is -0.388 e. The van der Waals surface area contributed by atoms with Crippen molar-refractivity contribution < 1.29 is 0 Å². The predicted molar refractivity (Wildman–Crippen MR) is 47.3 cm³/mol. The van der Waals surface area contributed by atoms with Crippen molar-refractivity contribution in [3.8, 4) is 0 Å². The van der Waals surface area contributed by atoms with Gasteiger partial charge >= 0.3 is 0 Å². The van der Waals surface area contributed by atoms with Crippen LogP contribution in [0.2, 0.25) is 0 Å². The number of rotatable bonds is 2. The fraction of sp³-hybridized carbons (Fsp3) is 0.800. The summed E-state index contributed by atoms with van der Waals surface area (Å²) in [5.74, 6) is 0. The lowest BCUT2D eigenvalue weighted by Crippen LogP contribution is -2.21. The van der Waals surface area contributed by atoms with E-state index < -0.39 is 0 Å². The van der Waals surface area contributed by atoms with Crippen LogP contribution in [-0.2, 0) is 0 Å². The lowest BCUT2D eigenvalue weighted by Gasteiger charge is -2.18. The van der Waals surface area contributed by atoms with Crippen LogP contribution < -0.4 is 5.32 Å². The maximum atomic E-state index is 3.52. The molecule has 0 saturated heterocycles. The first-order valence-electron chi connectivity index (χ1n) is 4.89. The van der Waals surface area contributed by atoms with E-state index in [1.54, 1.807) is 5.57 Å². The third-order valence-corrected chi connectivity index (χ3v) is 2.87. The Kier molecular flexibility index (Phi) is 2.16. The van der Waals surface area contributed by atoms with E-state index in [9.17, 15) is 0 Å². The summed E-state index contributed by atoms with van der Waals surface area (Å²) < 4.78 is 0. The van der Waals surface area contributed by atoms with E-state index >= 15 is 0 Å². The van der Waals surface area contributed by atoms with Crippen molar-refractivity contribution in [2.75, 3.05) is 0 Å². The largest absolute Gasteiger partial charge is 0.388 e. The molecule has 0 spiro atoms. The Labute approximate surface area is 68.9 Å². The zero-order valence-corrected chi connectivity index (χ0v) is 7.10. The third-order valence-electron chi connectivity index (χ3n) is 2.87. The molecule has 0 aromatic heterocycles. The van der Waals surface area contributed by atoms with Gasteiger partial charge in [-0.05, 0) is 38.3 Å². The molecule has 2 saturated carbocycles. The fourth-order valence-corrected chi connectivity index (χ4v) is 1.85. The molecule has 62 valence electrons. The number of hydrogen-bond acceptors (Lipinski definition) is 1. The standard InChI is InChI=1S/C10H17N/c1-2-7-10(6-1)11-8-9-4-3-5-9/h8,10-11H,1-7H2. The van der Waals surface area contributed by atoms with Gasteiger partial charge in [0.15, 0.2) is 0 Å². The number of hydrogen-bond donors (Lipinski definition) is 1. The molecule has 2 aliphatic rings. The van der Waals surface area contributed by atoms with Gasteiger partial charge in [0.1, 0.15) is 0 Å². The van der Waals surface area contributed by atoms with Crippen molar-refractivity contribution in [2.45, 2.75) is 51.0 Å². The van der Waals surface area contributed by atoms with Crippen molar-refractivity contribution >= 4 is 0 Å². The van der Waals surface area contributed by atoms with E-state index in [0.717, 1.165) is 6.04 Å². The molecule has 0 aliphatic heterocycles. The van der Waals surface area contributed by atoms with Crippen molar-refractivity contribution in [1.82, 2.24) is 5.32 Å². The summed E-state index contributed by atoms with van der Waals surface area (Å²) in [6, 6.07) is 0.808. The van der Waals surface area contributed by atoms with E-state index in [-0.39, 0.29) is 0 Å². The lowest BCUT2D eigenvalue weighted by molar-refractivity contribution is 0.582. The zero-order valence-electron chi connectivity index (χ0n) is 7.10. The van der Waals surface area contributed by atoms with Crippen LogP contribution in [0.15, 0.2) is 11.8 Å². The van der Waals surface area contributed by atoms with Crippen LogP contribution in [-0.4, -0.2) is 6.04 Å². The molecule has 0 atom stereocenters. The van der Waals surface area contributed by atoms with Gasteiger partial charge in [0, 0.05) is 6.04 Å². The van der Waals surface area contributed by atoms with Crippen LogP contribution >= 0.6 is 0 Å². The Morgan fingerprint density at radius 2 is 1.82 bits per heavy atom. The van der Waals surface area contributed by atoms with Crippen LogP contribution in [0, 0.1) is 0 Å². The summed E-state index contributed by atoms with van der Waals surface area (Å²) in [7, 11) is 0. The van der Waals surface area contributed by atoms with Crippen LogP contribution in [0.1, 0.15) is 44.9 Å². The minimum atomic E-state index is 0.808. The topological polar surface area (TPSA) is 12.0 Å². The maximum absolute atomic E-state index is 3.52. The van der Waals surface area contributed by atoms with Gasteiger partial charge in [0.25, 0.3) is 0 Å². The summed E-state index contributed by atoms with van der Waals surface area (Å²) in [4.78, 5) is 0. The Balaban J connectivity index is 1.72. The third kappa shape index (κ3) is 1.76. The van der Waals surface area contributed by atoms with Gasteiger partial charge in [-0.15, -0.1) is 0 Å². The number of allylic oxidation sites excluding steroid dienone is 1. The Morgan fingerprint density at radius 3 is 2.36 bits per heavy atom. The average Bonchev–Trinajstić information content (AvgIpc) is 2.36. The SMILES string of the molecule is C(NC1CCCC1)=C1CCC1. The second-order valence-corrected chi connectivity index (χ2v) is 3.80. The van der Waals surface area contributed by atoms with Crippen molar-refractivity contribution in [1.29, 1.82) is 0 Å². The molecule has 2 rings (SSSR count). The lowest BCUT2D eigenvalue weighted by atomic mass is 9.93. The van der Waals surface area contributed by atoms with Crippen LogP contribution in [0.4, 0.5) is 0 Å². The molecule has 0 unspecified atom stereocenters. The van der Waals surface area contributed by atoms with E-state index in [0.29, 0.717) is 0 Å². The summed E-state index contributed by atoms with van der Waals surface area (Å²) in [5, 5.41) is 3.52. The highest BCUT2D eigenvalue weighted by molar-refractivity contribution is 5.08. The number of nitrogens with one attached hydrogen (secondary N) is 1. The van der Waals surface area contributed by atoms with E-state index in [4.69, 9.17) is 0 Å². The van der Waals surface area contributed by atoms with Gasteiger partial charge in [-0.2, -0.15) is 0 Å². The summed E-state index contributed by atoms with van der Waals surface area (Å²) in [5.41, 5.74) is 1.64. The normalized spacial score (nSPS) is 24.9. The van der Waals surface area contributed by atoms with Gasteiger partial charge in [-0.25, -0.2) is 0 Å². The molecule has 1 N–H and O–H groups in total. The zero-order chi connectivity index (χ0) is 7.52. The molecular formula is C10H17N. The first-order chi connectivity index (χ1) is 5.45. The van der Waals surface area contributed by atoms with E-state index in [2.05, 4.69) is 11.5 Å². The molecule has 0 amide bonds. The van der Waals surface area contributed by atoms with E-state index in [1.807, 2.05) is 0 Å². The quantitative estimate of drug-likeness (QED) is 0.639. The Morgan fingerprint density at radius 1 is 1.09 bits per heavy atom. The van der Waals surface area contributed by atoms with Crippen molar-refractivity contribution in [2.24, 2.45) is 0 Å². The first-order valence-corrected chi connectivity index (χ1v) is 4.89. The molecule has 2 aliphatic carbocycles. The van der Waals surface area contributed by atoms with Crippen molar-refractivity contribution in [3.05, 3.63) is 11.8 Å². The molecule has 0 aromatic rings. The van der Waals surface area contributed by atoms with Crippen LogP contribution in [0.5, 0.6) is 0 Å². The Hall–Kier alpha value is -0.460. The summed E-state index contributed by atoms with van der Waals surface area (Å²) in [6.45, 7) is 0. The molecular weight excluding hydrogens is 134 g/mol. The second-order valence-electron chi connectivity index (χ2n) is 3.80. The highest BCUT2D eigenvalue weighted by atomic mass is 14.9. The average molecular weight is 151 g/mol. The molecule has 0 aromatic carbocycles. The monoisotopic (exact) mass is 151 g/mol. The van der Waals surface area contributed by atoms with Gasteiger partial charge in [0.2, 0.25) is 0 Å². The molecule has 1 nitrogen and oxygen atoms in total. The molecule has 11 heavy (non-hydrogen) atoms. The first kappa shape index (κ1) is 7.20. The smallest absolute Gasteiger partial charge is 0.0255 e. The molecule has 2 fully saturated rings. The molecule has 0 radical (unpaired) electrons. The summed E-state index contributed by atoms with van der Waals surface area (Å²) in [6.07, 6.45) is 12.0. The molecule has 0 heterocycles. The Bertz CT molecular complexity index is 148. The van der Waals surface area contributed by atoms with Gasteiger partial charge in [-0.3, -0.25) is 0 Å². The molecule has 1 heteroatoms.